The highest BCUT2D eigenvalue weighted by molar-refractivity contribution is 5.82. The van der Waals surface area contributed by atoms with Crippen LogP contribution < -0.4 is 0 Å². The number of carbonyl (C=O) groups excluding carboxylic acids is 2. The summed E-state index contributed by atoms with van der Waals surface area (Å²) < 4.78 is 17.3. The largest absolute Gasteiger partial charge is 0.469 e. The minimum absolute atomic E-state index is 0.0153. The number of hydrogen-bond donors (Lipinski definition) is 0. The van der Waals surface area contributed by atoms with Crippen molar-refractivity contribution >= 4 is 11.8 Å². The predicted octanol–water partition coefficient (Wildman–Crippen LogP) is 0.919. The summed E-state index contributed by atoms with van der Waals surface area (Å²) in [6.07, 6.45) is 0.515. The molecule has 0 radical (unpaired) electrons. The van der Waals surface area contributed by atoms with Crippen molar-refractivity contribution in [2.24, 2.45) is 0 Å². The molecule has 10 heavy (non-hydrogen) atoms. The third kappa shape index (κ3) is 4.06. The molecule has 0 aromatic carbocycles. The van der Waals surface area contributed by atoms with Crippen LogP contribution in [-0.4, -0.2) is 18.8 Å². The molecule has 0 bridgehead atoms. The van der Waals surface area contributed by atoms with E-state index >= 15 is 0 Å². The molecule has 0 aliphatic rings. The Morgan fingerprint density at radius 2 is 2.20 bits per heavy atom. The van der Waals surface area contributed by atoms with E-state index in [1.807, 2.05) is 0 Å². The normalized spacial score (nSPS) is 12.2. The van der Waals surface area contributed by atoms with Crippen LogP contribution in [0.4, 0.5) is 0 Å². The minimum Gasteiger partial charge on any atom is -0.469 e. The quantitative estimate of drug-likeness (QED) is 0.554. The zero-order chi connectivity index (χ0) is 9.56. The fourth-order valence-corrected chi connectivity index (χ4v) is 0.477. The van der Waals surface area contributed by atoms with E-state index in [9.17, 15) is 9.59 Å². The number of methoxy groups -OCH3 is 1. The van der Waals surface area contributed by atoms with E-state index < -0.39 is 13.0 Å². The highest BCUT2D eigenvalue weighted by Crippen LogP contribution is 1.95. The first-order valence-electron chi connectivity index (χ1n) is 4.27. The molecule has 0 saturated heterocycles. The van der Waals surface area contributed by atoms with Crippen LogP contribution in [0.1, 0.15) is 28.9 Å². The van der Waals surface area contributed by atoms with Gasteiger partial charge in [-0.05, 0) is 0 Å². The summed E-state index contributed by atoms with van der Waals surface area (Å²) in [6.45, 7) is 1.71. The van der Waals surface area contributed by atoms with Gasteiger partial charge < -0.3 is 4.74 Å². The third-order valence-corrected chi connectivity index (χ3v) is 1.13. The maximum absolute atomic E-state index is 10.7. The Kier molecular flexibility index (Phi) is 2.93. The number of ether oxygens (including phenoxy) is 1. The molecule has 0 fully saturated rings. The molecule has 0 N–H and O–H groups in total. The lowest BCUT2D eigenvalue weighted by molar-refractivity contribution is -0.141. The van der Waals surface area contributed by atoms with Gasteiger partial charge in [0.1, 0.15) is 5.78 Å². The molecule has 0 aliphatic heterocycles. The predicted molar refractivity (Wildman–Crippen MR) is 36.5 cm³/mol. The Bertz CT molecular complexity index is 168. The Labute approximate surface area is 63.2 Å². The highest BCUT2D eigenvalue weighted by atomic mass is 16.5. The molecule has 3 heteroatoms. The molecule has 0 aromatic rings. The van der Waals surface area contributed by atoms with E-state index in [4.69, 9.17) is 2.74 Å². The van der Waals surface area contributed by atoms with Gasteiger partial charge in [-0.3, -0.25) is 9.59 Å². The van der Waals surface area contributed by atoms with Gasteiger partial charge in [-0.25, -0.2) is 0 Å². The zero-order valence-electron chi connectivity index (χ0n) is 7.92. The molecule has 0 saturated carbocycles. The SMILES string of the molecule is [2H]C([2H])OC(=O)CCC(=O)CC. The monoisotopic (exact) mass is 146 g/mol. The summed E-state index contributed by atoms with van der Waals surface area (Å²) >= 11 is 0. The molecular weight excluding hydrogens is 132 g/mol. The number of esters is 1. The molecule has 0 rings (SSSR count). The molecule has 0 heterocycles. The Morgan fingerprint density at radius 1 is 1.50 bits per heavy atom. The van der Waals surface area contributed by atoms with Gasteiger partial charge in [-0.2, -0.15) is 0 Å². The van der Waals surface area contributed by atoms with E-state index in [1.54, 1.807) is 6.92 Å². The second kappa shape index (κ2) is 4.97. The first-order valence-corrected chi connectivity index (χ1v) is 3.12. The zero-order valence-corrected chi connectivity index (χ0v) is 5.92. The number of Topliss-reactive ketones (excluding diaryl/α,β-unsaturated/α-hetero) is 1. The second-order valence-electron chi connectivity index (χ2n) is 1.88. The molecule has 58 valence electrons. The summed E-state index contributed by atoms with van der Waals surface area (Å²) in [6, 6.07) is 0. The fraction of sp³-hybridized carbons (Fsp3) is 0.714. The van der Waals surface area contributed by atoms with Crippen LogP contribution in [0.5, 0.6) is 0 Å². The van der Waals surface area contributed by atoms with E-state index in [0.717, 1.165) is 0 Å². The first-order chi connectivity index (χ1) is 5.56. The Morgan fingerprint density at radius 3 is 2.70 bits per heavy atom. The maximum atomic E-state index is 10.7. The lowest BCUT2D eigenvalue weighted by Crippen LogP contribution is -2.04. The van der Waals surface area contributed by atoms with E-state index in [-0.39, 0.29) is 18.6 Å². The maximum Gasteiger partial charge on any atom is 0.305 e. The number of hydrogen-bond acceptors (Lipinski definition) is 3. The van der Waals surface area contributed by atoms with Crippen LogP contribution in [0.25, 0.3) is 0 Å². The third-order valence-electron chi connectivity index (χ3n) is 1.13. The molecule has 0 aliphatic carbocycles. The van der Waals surface area contributed by atoms with Crippen LogP contribution in [0.15, 0.2) is 0 Å². The molecule has 3 nitrogen and oxygen atoms in total. The van der Waals surface area contributed by atoms with Gasteiger partial charge in [0.2, 0.25) is 0 Å². The average Bonchev–Trinajstić information content (AvgIpc) is 1.99. The average molecular weight is 146 g/mol. The summed E-state index contributed by atoms with van der Waals surface area (Å²) in [5.41, 5.74) is 0. The molecule has 0 spiro atoms. The van der Waals surface area contributed by atoms with Crippen molar-refractivity contribution in [2.75, 3.05) is 7.06 Å². The standard InChI is InChI=1S/C7H12O3/c1-3-6(8)4-5-7(9)10-2/h3-5H2,1-2H3/i2D2. The lowest BCUT2D eigenvalue weighted by Gasteiger charge is -1.95. The van der Waals surface area contributed by atoms with Crippen molar-refractivity contribution in [1.29, 1.82) is 0 Å². The molecule has 0 aromatic heterocycles. The lowest BCUT2D eigenvalue weighted by atomic mass is 10.2. The summed E-state index contributed by atoms with van der Waals surface area (Å²) in [5.74, 6) is -0.676. The Hall–Kier alpha value is -0.860. The van der Waals surface area contributed by atoms with Gasteiger partial charge in [0.15, 0.2) is 0 Å². The van der Waals surface area contributed by atoms with Crippen LogP contribution >= 0.6 is 0 Å². The topological polar surface area (TPSA) is 43.4 Å². The minimum atomic E-state index is -1.59. The van der Waals surface area contributed by atoms with Crippen LogP contribution in [0.2, 0.25) is 0 Å². The summed E-state index contributed by atoms with van der Waals surface area (Å²) in [4.78, 5) is 21.4. The van der Waals surface area contributed by atoms with Gasteiger partial charge in [-0.1, -0.05) is 6.92 Å². The van der Waals surface area contributed by atoms with Gasteiger partial charge in [0, 0.05) is 12.8 Å². The van der Waals surface area contributed by atoms with E-state index in [2.05, 4.69) is 4.74 Å². The molecule has 0 atom stereocenters. The van der Waals surface area contributed by atoms with E-state index in [1.165, 1.54) is 0 Å². The molecule has 0 unspecified atom stereocenters. The van der Waals surface area contributed by atoms with Crippen molar-refractivity contribution < 1.29 is 17.1 Å². The van der Waals surface area contributed by atoms with Gasteiger partial charge in [0.25, 0.3) is 0 Å². The number of ketones is 1. The summed E-state index contributed by atoms with van der Waals surface area (Å²) in [5, 5.41) is 0. The number of carbonyl (C=O) groups is 2. The van der Waals surface area contributed by atoms with Crippen LogP contribution in [0.3, 0.4) is 0 Å². The van der Waals surface area contributed by atoms with Crippen molar-refractivity contribution in [1.82, 2.24) is 0 Å². The van der Waals surface area contributed by atoms with Crippen molar-refractivity contribution in [3.05, 3.63) is 0 Å². The highest BCUT2D eigenvalue weighted by Gasteiger charge is 2.03. The van der Waals surface area contributed by atoms with Crippen molar-refractivity contribution in [3.63, 3.8) is 0 Å². The molecular formula is C7H12O3. The van der Waals surface area contributed by atoms with E-state index in [0.29, 0.717) is 6.42 Å². The Balaban J connectivity index is 3.51. The number of rotatable bonds is 4. The smallest absolute Gasteiger partial charge is 0.305 e. The molecule has 0 amide bonds. The first kappa shape index (κ1) is 5.89. The second-order valence-corrected chi connectivity index (χ2v) is 1.88. The van der Waals surface area contributed by atoms with Crippen molar-refractivity contribution in [3.8, 4) is 0 Å². The van der Waals surface area contributed by atoms with Gasteiger partial charge in [-0.15, -0.1) is 0 Å². The van der Waals surface area contributed by atoms with Crippen molar-refractivity contribution in [2.45, 2.75) is 26.2 Å². The van der Waals surface area contributed by atoms with Gasteiger partial charge >= 0.3 is 5.97 Å². The fourth-order valence-electron chi connectivity index (χ4n) is 0.477. The van der Waals surface area contributed by atoms with Gasteiger partial charge in [0.05, 0.1) is 16.2 Å². The summed E-state index contributed by atoms with van der Waals surface area (Å²) in [7, 11) is -1.59. The van der Waals surface area contributed by atoms with Crippen LogP contribution in [0, 0.1) is 0 Å². The van der Waals surface area contributed by atoms with Crippen LogP contribution in [-0.2, 0) is 14.3 Å².